The van der Waals surface area contributed by atoms with E-state index in [0.717, 1.165) is 0 Å². The van der Waals surface area contributed by atoms with Gasteiger partial charge >= 0.3 is 6.09 Å². The summed E-state index contributed by atoms with van der Waals surface area (Å²) in [4.78, 5) is 10.5. The molecule has 1 amide bonds. The topological polar surface area (TPSA) is 93.7 Å². The second-order valence-corrected chi connectivity index (χ2v) is 8.52. The van der Waals surface area contributed by atoms with Gasteiger partial charge in [0.05, 0.1) is 12.6 Å². The SMILES string of the molecule is CC(CNC(=O)O)Oc1ccc(F)cc1[C@@H](C)N[S+]([O-])C(C)(C)C. The number of hydrogen-bond acceptors (Lipinski definition) is 4. The fourth-order valence-electron chi connectivity index (χ4n) is 1.86. The molecule has 0 spiro atoms. The van der Waals surface area contributed by atoms with Crippen LogP contribution in [0.5, 0.6) is 5.75 Å². The lowest BCUT2D eigenvalue weighted by Gasteiger charge is -2.27. The van der Waals surface area contributed by atoms with Crippen molar-refractivity contribution >= 4 is 17.5 Å². The number of hydrogen-bond donors (Lipinski definition) is 3. The van der Waals surface area contributed by atoms with Crippen molar-refractivity contribution in [1.29, 1.82) is 0 Å². The predicted octanol–water partition coefficient (Wildman–Crippen LogP) is 2.97. The van der Waals surface area contributed by atoms with Gasteiger partial charge in [-0.1, -0.05) is 0 Å². The van der Waals surface area contributed by atoms with Crippen LogP contribution >= 0.6 is 0 Å². The zero-order chi connectivity index (χ0) is 18.5. The molecule has 0 radical (unpaired) electrons. The number of halogens is 1. The summed E-state index contributed by atoms with van der Waals surface area (Å²) in [6.45, 7) is 9.09. The molecule has 0 aliphatic carbocycles. The smallest absolute Gasteiger partial charge is 0.404 e. The van der Waals surface area contributed by atoms with Crippen LogP contribution in [0.2, 0.25) is 0 Å². The Morgan fingerprint density at radius 2 is 2.04 bits per heavy atom. The second kappa shape index (κ2) is 8.55. The van der Waals surface area contributed by atoms with Crippen LogP contribution in [-0.4, -0.2) is 33.1 Å². The molecule has 1 aromatic carbocycles. The van der Waals surface area contributed by atoms with Crippen LogP contribution in [-0.2, 0) is 11.4 Å². The molecule has 0 aliphatic heterocycles. The van der Waals surface area contributed by atoms with E-state index in [4.69, 9.17) is 9.84 Å². The van der Waals surface area contributed by atoms with Gasteiger partial charge in [-0.15, -0.1) is 4.72 Å². The predicted molar refractivity (Wildman–Crippen MR) is 92.0 cm³/mol. The summed E-state index contributed by atoms with van der Waals surface area (Å²) in [5, 5.41) is 10.9. The lowest BCUT2D eigenvalue weighted by atomic mass is 10.1. The molecule has 0 saturated heterocycles. The number of rotatable bonds is 7. The highest BCUT2D eigenvalue weighted by Crippen LogP contribution is 2.29. The highest BCUT2D eigenvalue weighted by atomic mass is 32.2. The van der Waals surface area contributed by atoms with Crippen LogP contribution in [0.15, 0.2) is 18.2 Å². The Hall–Kier alpha value is -1.51. The van der Waals surface area contributed by atoms with Crippen molar-refractivity contribution in [2.45, 2.75) is 51.5 Å². The van der Waals surface area contributed by atoms with Crippen LogP contribution in [0, 0.1) is 5.82 Å². The zero-order valence-electron chi connectivity index (χ0n) is 14.6. The molecular formula is C16H25FN2O4S. The van der Waals surface area contributed by atoms with E-state index in [-0.39, 0.29) is 6.54 Å². The minimum Gasteiger partial charge on any atom is -0.598 e. The maximum Gasteiger partial charge on any atom is 0.404 e. The third-order valence-electron chi connectivity index (χ3n) is 3.15. The van der Waals surface area contributed by atoms with Gasteiger partial charge in [-0.3, -0.25) is 0 Å². The lowest BCUT2D eigenvalue weighted by molar-refractivity contribution is 0.177. The maximum absolute atomic E-state index is 13.6. The van der Waals surface area contributed by atoms with Crippen molar-refractivity contribution in [3.05, 3.63) is 29.6 Å². The van der Waals surface area contributed by atoms with Crippen molar-refractivity contribution in [2.75, 3.05) is 6.54 Å². The Morgan fingerprint density at radius 3 is 2.58 bits per heavy atom. The van der Waals surface area contributed by atoms with Crippen LogP contribution in [0.4, 0.5) is 9.18 Å². The van der Waals surface area contributed by atoms with Gasteiger partial charge in [-0.05, 0) is 52.8 Å². The van der Waals surface area contributed by atoms with E-state index in [9.17, 15) is 13.7 Å². The van der Waals surface area contributed by atoms with E-state index in [2.05, 4.69) is 10.0 Å². The fraction of sp³-hybridized carbons (Fsp3) is 0.562. The second-order valence-electron chi connectivity index (χ2n) is 6.52. The molecule has 3 N–H and O–H groups in total. The Kier molecular flexibility index (Phi) is 7.31. The summed E-state index contributed by atoms with van der Waals surface area (Å²) < 4.78 is 34.0. The average molecular weight is 360 g/mol. The maximum atomic E-state index is 13.6. The number of benzene rings is 1. The number of carbonyl (C=O) groups is 1. The summed E-state index contributed by atoms with van der Waals surface area (Å²) >= 11 is -1.32. The van der Waals surface area contributed by atoms with Crippen LogP contribution < -0.4 is 14.8 Å². The van der Waals surface area contributed by atoms with Gasteiger partial charge in [0.1, 0.15) is 22.4 Å². The van der Waals surface area contributed by atoms with Crippen molar-refractivity contribution in [1.82, 2.24) is 10.0 Å². The largest absolute Gasteiger partial charge is 0.598 e. The first-order valence-electron chi connectivity index (χ1n) is 7.61. The normalized spacial score (nSPS) is 15.5. The first-order valence-corrected chi connectivity index (χ1v) is 8.76. The summed E-state index contributed by atoms with van der Waals surface area (Å²) in [5.41, 5.74) is 0.523. The summed E-state index contributed by atoms with van der Waals surface area (Å²) in [5.74, 6) is -0.00847. The van der Waals surface area contributed by atoms with Crippen molar-refractivity contribution < 1.29 is 23.6 Å². The Balaban J connectivity index is 2.89. The molecule has 136 valence electrons. The lowest BCUT2D eigenvalue weighted by Crippen LogP contribution is -2.40. The van der Waals surface area contributed by atoms with Crippen LogP contribution in [0.3, 0.4) is 0 Å². The molecule has 0 aliphatic rings. The molecule has 0 fully saturated rings. The average Bonchev–Trinajstić information content (AvgIpc) is 2.45. The molecule has 0 aromatic heterocycles. The van der Waals surface area contributed by atoms with E-state index >= 15 is 0 Å². The standard InChI is InChI=1S/C16H25FN2O4S/c1-10(9-18-15(20)21)23-14-7-6-12(17)8-13(14)11(2)19-24(22)16(3,4)5/h6-8,10-11,18-19H,9H2,1-5H3,(H,20,21)/t10?,11-,24?/m1/s1. The van der Waals surface area contributed by atoms with Gasteiger partial charge in [0.15, 0.2) is 0 Å². The fourth-order valence-corrected chi connectivity index (χ4v) is 2.66. The quantitative estimate of drug-likeness (QED) is 0.650. The van der Waals surface area contributed by atoms with Crippen molar-refractivity contribution in [3.8, 4) is 5.75 Å². The highest BCUT2D eigenvalue weighted by Gasteiger charge is 2.29. The molecule has 0 heterocycles. The molecule has 2 unspecified atom stereocenters. The zero-order valence-corrected chi connectivity index (χ0v) is 15.4. The molecule has 8 heteroatoms. The van der Waals surface area contributed by atoms with E-state index < -0.39 is 40.2 Å². The first kappa shape index (κ1) is 20.5. The van der Waals surface area contributed by atoms with E-state index in [0.29, 0.717) is 11.3 Å². The summed E-state index contributed by atoms with van der Waals surface area (Å²) in [7, 11) is 0. The van der Waals surface area contributed by atoms with Crippen molar-refractivity contribution in [3.63, 3.8) is 0 Å². The number of carboxylic acid groups (broad SMARTS) is 1. The molecule has 1 aromatic rings. The molecule has 0 saturated carbocycles. The minimum atomic E-state index is -1.32. The molecule has 1 rings (SSSR count). The van der Waals surface area contributed by atoms with Gasteiger partial charge in [0, 0.05) is 16.9 Å². The first-order chi connectivity index (χ1) is 11.0. The molecule has 0 bridgehead atoms. The van der Waals surface area contributed by atoms with Gasteiger partial charge in [0.2, 0.25) is 0 Å². The Bertz CT molecular complexity index is 565. The Labute approximate surface area is 145 Å². The summed E-state index contributed by atoms with van der Waals surface area (Å²) in [6.07, 6.45) is -1.58. The third kappa shape index (κ3) is 6.54. The number of nitrogens with one attached hydrogen (secondary N) is 2. The van der Waals surface area contributed by atoms with Crippen molar-refractivity contribution in [2.24, 2.45) is 0 Å². The number of amides is 1. The minimum absolute atomic E-state index is 0.0991. The number of ether oxygens (including phenoxy) is 1. The van der Waals surface area contributed by atoms with Gasteiger partial charge in [-0.2, -0.15) is 0 Å². The van der Waals surface area contributed by atoms with Gasteiger partial charge < -0.3 is 19.7 Å². The monoisotopic (exact) mass is 360 g/mol. The molecule has 6 nitrogen and oxygen atoms in total. The van der Waals surface area contributed by atoms with Gasteiger partial charge in [0.25, 0.3) is 0 Å². The van der Waals surface area contributed by atoms with Crippen LogP contribution in [0.1, 0.15) is 46.2 Å². The molecule has 24 heavy (non-hydrogen) atoms. The van der Waals surface area contributed by atoms with Gasteiger partial charge in [-0.25, -0.2) is 9.18 Å². The van der Waals surface area contributed by atoms with E-state index in [1.807, 2.05) is 20.8 Å². The summed E-state index contributed by atoms with van der Waals surface area (Å²) in [6, 6.07) is 3.67. The highest BCUT2D eigenvalue weighted by molar-refractivity contribution is 7.90. The van der Waals surface area contributed by atoms with E-state index in [1.165, 1.54) is 18.2 Å². The Morgan fingerprint density at radius 1 is 1.42 bits per heavy atom. The third-order valence-corrected chi connectivity index (χ3v) is 4.83. The van der Waals surface area contributed by atoms with Crippen LogP contribution in [0.25, 0.3) is 0 Å². The molecule has 3 atom stereocenters. The molecular weight excluding hydrogens is 335 g/mol. The van der Waals surface area contributed by atoms with E-state index in [1.54, 1.807) is 13.8 Å².